The molecular formula is C20H31N3O2. The van der Waals surface area contributed by atoms with E-state index in [4.69, 9.17) is 14.3 Å². The summed E-state index contributed by atoms with van der Waals surface area (Å²) in [6.45, 7) is 14.2. The maximum atomic E-state index is 5.87. The van der Waals surface area contributed by atoms with E-state index in [2.05, 4.69) is 43.3 Å². The summed E-state index contributed by atoms with van der Waals surface area (Å²) in [5.74, 6) is 1.98. The van der Waals surface area contributed by atoms with Gasteiger partial charge in [-0.2, -0.15) is 5.10 Å². The fourth-order valence-electron chi connectivity index (χ4n) is 3.70. The van der Waals surface area contributed by atoms with Crippen LogP contribution in [0.5, 0.6) is 0 Å². The van der Waals surface area contributed by atoms with Gasteiger partial charge in [0.1, 0.15) is 11.5 Å². The molecule has 3 heterocycles. The van der Waals surface area contributed by atoms with Crippen molar-refractivity contribution in [3.05, 3.63) is 40.6 Å². The number of aryl methyl sites for hydroxylation is 2. The molecule has 138 valence electrons. The highest BCUT2D eigenvalue weighted by molar-refractivity contribution is 5.25. The van der Waals surface area contributed by atoms with Crippen LogP contribution in [-0.4, -0.2) is 33.9 Å². The van der Waals surface area contributed by atoms with Crippen LogP contribution in [0.2, 0.25) is 0 Å². The fourth-order valence-corrected chi connectivity index (χ4v) is 3.70. The molecule has 0 radical (unpaired) electrons. The first-order valence-electron chi connectivity index (χ1n) is 9.38. The molecule has 2 aromatic rings. The Morgan fingerprint density at radius 3 is 2.60 bits per heavy atom. The Kier molecular flexibility index (Phi) is 5.64. The van der Waals surface area contributed by atoms with Crippen LogP contribution in [0.3, 0.4) is 0 Å². The first-order chi connectivity index (χ1) is 11.9. The molecule has 0 spiro atoms. The van der Waals surface area contributed by atoms with Gasteiger partial charge in [-0.15, -0.1) is 0 Å². The van der Waals surface area contributed by atoms with Crippen molar-refractivity contribution in [2.45, 2.75) is 72.7 Å². The van der Waals surface area contributed by atoms with Crippen LogP contribution in [-0.2, 0) is 17.8 Å². The fraction of sp³-hybridized carbons (Fsp3) is 0.650. The highest BCUT2D eigenvalue weighted by Crippen LogP contribution is 2.22. The Labute approximate surface area is 151 Å². The highest BCUT2D eigenvalue weighted by atomic mass is 16.5. The van der Waals surface area contributed by atoms with Gasteiger partial charge in [0.2, 0.25) is 0 Å². The number of nitrogens with zero attached hydrogens (tertiary/aromatic N) is 3. The van der Waals surface area contributed by atoms with Crippen LogP contribution in [0, 0.1) is 20.8 Å². The standard InChI is InChI=1S/C20H31N3O2/c1-14(2)23-17(5)20(16(4)21-23)13-22(11-18-7-6-10-24-18)12-19-9-8-15(3)25-19/h8-9,14,18H,6-7,10-13H2,1-5H3. The monoisotopic (exact) mass is 345 g/mol. The number of rotatable bonds is 7. The van der Waals surface area contributed by atoms with Gasteiger partial charge < -0.3 is 9.15 Å². The number of hydrogen-bond acceptors (Lipinski definition) is 4. The van der Waals surface area contributed by atoms with Crippen LogP contribution in [0.25, 0.3) is 0 Å². The second kappa shape index (κ2) is 7.75. The Bertz CT molecular complexity index is 696. The highest BCUT2D eigenvalue weighted by Gasteiger charge is 2.23. The lowest BCUT2D eigenvalue weighted by Crippen LogP contribution is -2.31. The number of ether oxygens (including phenoxy) is 1. The lowest BCUT2D eigenvalue weighted by atomic mass is 10.1. The number of aromatic nitrogens is 2. The van der Waals surface area contributed by atoms with Gasteiger partial charge in [0.15, 0.2) is 0 Å². The van der Waals surface area contributed by atoms with Crippen molar-refractivity contribution in [2.24, 2.45) is 0 Å². The molecule has 0 aliphatic carbocycles. The minimum Gasteiger partial charge on any atom is -0.465 e. The summed E-state index contributed by atoms with van der Waals surface area (Å²) in [5.41, 5.74) is 3.72. The van der Waals surface area contributed by atoms with Gasteiger partial charge in [0.25, 0.3) is 0 Å². The first-order valence-corrected chi connectivity index (χ1v) is 9.38. The zero-order valence-corrected chi connectivity index (χ0v) is 16.2. The van der Waals surface area contributed by atoms with E-state index < -0.39 is 0 Å². The van der Waals surface area contributed by atoms with E-state index in [1.165, 1.54) is 17.7 Å². The summed E-state index contributed by atoms with van der Waals surface area (Å²) in [6.07, 6.45) is 2.65. The minimum atomic E-state index is 0.330. The van der Waals surface area contributed by atoms with Gasteiger partial charge in [-0.1, -0.05) is 0 Å². The zero-order chi connectivity index (χ0) is 18.0. The lowest BCUT2D eigenvalue weighted by molar-refractivity contribution is 0.0652. The first kappa shape index (κ1) is 18.2. The summed E-state index contributed by atoms with van der Waals surface area (Å²) >= 11 is 0. The third-order valence-electron chi connectivity index (χ3n) is 5.01. The molecule has 1 unspecified atom stereocenters. The van der Waals surface area contributed by atoms with E-state index in [9.17, 15) is 0 Å². The van der Waals surface area contributed by atoms with Crippen LogP contribution in [0.1, 0.15) is 61.2 Å². The molecule has 1 saturated heterocycles. The average Bonchev–Trinajstić information content (AvgIpc) is 3.25. The Morgan fingerprint density at radius 2 is 2.04 bits per heavy atom. The van der Waals surface area contributed by atoms with E-state index in [1.54, 1.807) is 0 Å². The van der Waals surface area contributed by atoms with Gasteiger partial charge in [0.05, 0.1) is 18.3 Å². The average molecular weight is 345 g/mol. The van der Waals surface area contributed by atoms with Gasteiger partial charge in [-0.25, -0.2) is 0 Å². The summed E-state index contributed by atoms with van der Waals surface area (Å²) in [5, 5.41) is 4.74. The molecule has 5 nitrogen and oxygen atoms in total. The maximum Gasteiger partial charge on any atom is 0.118 e. The molecule has 0 N–H and O–H groups in total. The molecule has 5 heteroatoms. The molecule has 1 fully saturated rings. The Hall–Kier alpha value is -1.59. The zero-order valence-electron chi connectivity index (χ0n) is 16.2. The summed E-state index contributed by atoms with van der Waals surface area (Å²) in [6, 6.07) is 4.49. The van der Waals surface area contributed by atoms with Crippen LogP contribution in [0.4, 0.5) is 0 Å². The molecule has 2 aromatic heterocycles. The van der Waals surface area contributed by atoms with Crippen molar-refractivity contribution < 1.29 is 9.15 Å². The van der Waals surface area contributed by atoms with Crippen molar-refractivity contribution in [3.63, 3.8) is 0 Å². The van der Waals surface area contributed by atoms with Crippen molar-refractivity contribution >= 4 is 0 Å². The third kappa shape index (κ3) is 4.33. The lowest BCUT2D eigenvalue weighted by Gasteiger charge is -2.24. The largest absolute Gasteiger partial charge is 0.465 e. The summed E-state index contributed by atoms with van der Waals surface area (Å²) in [4.78, 5) is 2.44. The van der Waals surface area contributed by atoms with Crippen molar-refractivity contribution in [1.29, 1.82) is 0 Å². The van der Waals surface area contributed by atoms with Crippen molar-refractivity contribution in [2.75, 3.05) is 13.2 Å². The van der Waals surface area contributed by atoms with Gasteiger partial charge in [0, 0.05) is 37.0 Å². The third-order valence-corrected chi connectivity index (χ3v) is 5.01. The van der Waals surface area contributed by atoms with E-state index >= 15 is 0 Å². The number of furan rings is 1. The molecule has 3 rings (SSSR count). The molecule has 25 heavy (non-hydrogen) atoms. The molecule has 1 atom stereocenters. The summed E-state index contributed by atoms with van der Waals surface area (Å²) < 4.78 is 13.8. The van der Waals surface area contributed by atoms with Gasteiger partial charge >= 0.3 is 0 Å². The quantitative estimate of drug-likeness (QED) is 0.756. The normalized spacial score (nSPS) is 18.0. The maximum absolute atomic E-state index is 5.87. The van der Waals surface area contributed by atoms with E-state index in [0.717, 1.165) is 49.9 Å². The minimum absolute atomic E-state index is 0.330. The summed E-state index contributed by atoms with van der Waals surface area (Å²) in [7, 11) is 0. The Balaban J connectivity index is 1.78. The van der Waals surface area contributed by atoms with Gasteiger partial charge in [-0.3, -0.25) is 9.58 Å². The predicted molar refractivity (Wildman–Crippen MR) is 98.6 cm³/mol. The molecule has 1 aliphatic heterocycles. The molecule has 0 amide bonds. The molecule has 1 aliphatic rings. The predicted octanol–water partition coefficient (Wildman–Crippen LogP) is 4.16. The van der Waals surface area contributed by atoms with E-state index in [-0.39, 0.29) is 0 Å². The SMILES string of the molecule is Cc1ccc(CN(Cc2c(C)nn(C(C)C)c2C)CC2CCCO2)o1. The van der Waals surface area contributed by atoms with Crippen LogP contribution < -0.4 is 0 Å². The molecule has 0 saturated carbocycles. The smallest absolute Gasteiger partial charge is 0.118 e. The molecule has 0 aromatic carbocycles. The Morgan fingerprint density at radius 1 is 1.24 bits per heavy atom. The van der Waals surface area contributed by atoms with Crippen LogP contribution >= 0.6 is 0 Å². The topological polar surface area (TPSA) is 43.4 Å². The van der Waals surface area contributed by atoms with Crippen molar-refractivity contribution in [1.82, 2.24) is 14.7 Å². The van der Waals surface area contributed by atoms with E-state index in [0.29, 0.717) is 12.1 Å². The van der Waals surface area contributed by atoms with Crippen molar-refractivity contribution in [3.8, 4) is 0 Å². The molecular weight excluding hydrogens is 314 g/mol. The number of hydrogen-bond donors (Lipinski definition) is 0. The molecule has 0 bridgehead atoms. The van der Waals surface area contributed by atoms with Gasteiger partial charge in [-0.05, 0) is 59.6 Å². The second-order valence-corrected chi connectivity index (χ2v) is 7.50. The second-order valence-electron chi connectivity index (χ2n) is 7.50. The van der Waals surface area contributed by atoms with Crippen LogP contribution in [0.15, 0.2) is 16.5 Å². The van der Waals surface area contributed by atoms with E-state index in [1.807, 2.05) is 13.0 Å².